The van der Waals surface area contributed by atoms with Crippen molar-refractivity contribution in [3.63, 3.8) is 0 Å². The second kappa shape index (κ2) is 10.7. The average Bonchev–Trinajstić information content (AvgIpc) is 3.30. The van der Waals surface area contributed by atoms with Gasteiger partial charge in [0.25, 0.3) is 11.8 Å². The first-order chi connectivity index (χ1) is 18.8. The van der Waals surface area contributed by atoms with E-state index < -0.39 is 30.2 Å². The van der Waals surface area contributed by atoms with E-state index >= 15 is 0 Å². The number of carbonyl (C=O) groups is 3. The Bertz CT molecular complexity index is 1590. The van der Waals surface area contributed by atoms with Gasteiger partial charge in [0.2, 0.25) is 0 Å². The van der Waals surface area contributed by atoms with Gasteiger partial charge in [-0.15, -0.1) is 0 Å². The number of carbonyl (C=O) groups excluding carboxylic acids is 3. The molecule has 0 bridgehead atoms. The van der Waals surface area contributed by atoms with Gasteiger partial charge in [0.1, 0.15) is 23.7 Å². The fraction of sp³-hybridized carbons (Fsp3) is 0.160. The molecule has 5 rings (SSSR count). The normalized spacial score (nSPS) is 12.5. The smallest absolute Gasteiger partial charge is 0.387 e. The fourth-order valence-electron chi connectivity index (χ4n) is 3.85. The second-order valence-electron chi connectivity index (χ2n) is 8.26. The van der Waals surface area contributed by atoms with E-state index in [2.05, 4.69) is 30.8 Å². The highest BCUT2D eigenvalue weighted by Crippen LogP contribution is 2.28. The first-order valence-electron chi connectivity index (χ1n) is 11.5. The Labute approximate surface area is 217 Å². The Kier molecular flexibility index (Phi) is 6.99. The van der Waals surface area contributed by atoms with E-state index in [9.17, 15) is 27.6 Å². The Morgan fingerprint density at radius 1 is 1.10 bits per heavy atom. The van der Waals surface area contributed by atoms with E-state index in [1.807, 2.05) is 0 Å². The van der Waals surface area contributed by atoms with Gasteiger partial charge in [0.15, 0.2) is 17.2 Å². The summed E-state index contributed by atoms with van der Waals surface area (Å²) >= 11 is 0. The molecule has 0 radical (unpaired) electrons. The summed E-state index contributed by atoms with van der Waals surface area (Å²) in [5.74, 6) is -2.48. The van der Waals surface area contributed by atoms with Crippen molar-refractivity contribution < 1.29 is 37.0 Å². The minimum absolute atomic E-state index is 0.0132. The molecule has 1 aliphatic rings. The molecule has 2 amide bonds. The van der Waals surface area contributed by atoms with Gasteiger partial charge < -0.3 is 25.4 Å². The second-order valence-corrected chi connectivity index (χ2v) is 8.26. The molecule has 14 heteroatoms. The molecule has 0 unspecified atom stereocenters. The third-order valence-electron chi connectivity index (χ3n) is 5.67. The van der Waals surface area contributed by atoms with Crippen molar-refractivity contribution in [3.8, 4) is 11.5 Å². The average molecular weight is 540 g/mol. The molecule has 0 aliphatic carbocycles. The van der Waals surface area contributed by atoms with Crippen LogP contribution in [0.2, 0.25) is 0 Å². The number of rotatable bonds is 8. The zero-order chi connectivity index (χ0) is 27.5. The maximum atomic E-state index is 14.4. The topological polar surface area (TPSA) is 136 Å². The molecule has 39 heavy (non-hydrogen) atoms. The summed E-state index contributed by atoms with van der Waals surface area (Å²) in [6, 6.07) is 12.0. The number of hydrogen-bond acceptors (Lipinski definition) is 8. The number of alkyl halides is 2. The molecular weight excluding hydrogens is 521 g/mol. The predicted octanol–water partition coefficient (Wildman–Crippen LogP) is 2.66. The maximum absolute atomic E-state index is 14.4. The molecule has 0 saturated heterocycles. The molecule has 0 spiro atoms. The largest absolute Gasteiger partial charge is 0.434 e. The third kappa shape index (κ3) is 5.58. The van der Waals surface area contributed by atoms with Crippen LogP contribution in [0.25, 0.3) is 5.65 Å². The van der Waals surface area contributed by atoms with Crippen LogP contribution >= 0.6 is 0 Å². The first kappa shape index (κ1) is 25.5. The van der Waals surface area contributed by atoms with Crippen LogP contribution in [0, 0.1) is 5.82 Å². The molecule has 3 heterocycles. The standard InChI is InChI=1S/C25H19F3N6O5/c26-15-11-32-34-18(24(37)31-10-14-3-1-2-4-19(14)39-25(27)28)8-17(33-22(15)34)23(36)30-9-13-5-6-20-16(7-13)29-12-21(35)38-20/h1-8,11,25,29H,9-10,12H2,(H,30,36)(H,31,37). The van der Waals surface area contributed by atoms with Crippen molar-refractivity contribution in [2.24, 2.45) is 0 Å². The van der Waals surface area contributed by atoms with Crippen LogP contribution < -0.4 is 25.4 Å². The lowest BCUT2D eigenvalue weighted by Crippen LogP contribution is -2.29. The van der Waals surface area contributed by atoms with E-state index in [-0.39, 0.29) is 48.0 Å². The zero-order valence-corrected chi connectivity index (χ0v) is 19.9. The van der Waals surface area contributed by atoms with Gasteiger partial charge in [-0.1, -0.05) is 24.3 Å². The molecule has 4 aromatic rings. The monoisotopic (exact) mass is 540 g/mol. The lowest BCUT2D eigenvalue weighted by Gasteiger charge is -2.18. The number of anilines is 1. The number of hydrogen-bond donors (Lipinski definition) is 3. The number of ether oxygens (including phenoxy) is 2. The number of fused-ring (bicyclic) bond motifs is 2. The molecule has 2 aromatic heterocycles. The van der Waals surface area contributed by atoms with Gasteiger partial charge in [-0.05, 0) is 23.8 Å². The van der Waals surface area contributed by atoms with Crippen molar-refractivity contribution in [3.05, 3.63) is 83.1 Å². The number of benzene rings is 2. The first-order valence-corrected chi connectivity index (χ1v) is 11.5. The summed E-state index contributed by atoms with van der Waals surface area (Å²) in [5, 5.41) is 11.9. The molecule has 3 N–H and O–H groups in total. The summed E-state index contributed by atoms with van der Waals surface area (Å²) in [4.78, 5) is 41.3. The Balaban J connectivity index is 1.33. The number of nitrogens with one attached hydrogen (secondary N) is 3. The highest BCUT2D eigenvalue weighted by molar-refractivity contribution is 5.98. The van der Waals surface area contributed by atoms with Gasteiger partial charge >= 0.3 is 12.6 Å². The predicted molar refractivity (Wildman–Crippen MR) is 129 cm³/mol. The van der Waals surface area contributed by atoms with E-state index in [4.69, 9.17) is 4.74 Å². The summed E-state index contributed by atoms with van der Waals surface area (Å²) in [6.45, 7) is -3.18. The maximum Gasteiger partial charge on any atom is 0.387 e. The molecule has 11 nitrogen and oxygen atoms in total. The fourth-order valence-corrected chi connectivity index (χ4v) is 3.85. The Morgan fingerprint density at radius 2 is 1.90 bits per heavy atom. The summed E-state index contributed by atoms with van der Waals surface area (Å²) in [5.41, 5.74) is 0.720. The van der Waals surface area contributed by atoms with Crippen molar-refractivity contribution in [2.75, 3.05) is 11.9 Å². The molecule has 2 aromatic carbocycles. The summed E-state index contributed by atoms with van der Waals surface area (Å²) < 4.78 is 50.3. The lowest BCUT2D eigenvalue weighted by molar-refractivity contribution is -0.132. The van der Waals surface area contributed by atoms with Gasteiger partial charge in [-0.25, -0.2) is 18.7 Å². The number of aromatic nitrogens is 3. The number of esters is 1. The van der Waals surface area contributed by atoms with Crippen molar-refractivity contribution >= 4 is 29.1 Å². The molecular formula is C25H19F3N6O5. The zero-order valence-electron chi connectivity index (χ0n) is 19.9. The van der Waals surface area contributed by atoms with Crippen LogP contribution in [-0.2, 0) is 17.9 Å². The van der Waals surface area contributed by atoms with Gasteiger partial charge in [-0.2, -0.15) is 13.9 Å². The van der Waals surface area contributed by atoms with Crippen LogP contribution in [0.3, 0.4) is 0 Å². The molecule has 0 saturated carbocycles. The van der Waals surface area contributed by atoms with Crippen molar-refractivity contribution in [1.82, 2.24) is 25.2 Å². The minimum atomic E-state index is -3.05. The van der Waals surface area contributed by atoms with Crippen LogP contribution in [-0.4, -0.2) is 45.5 Å². The number of para-hydroxylation sites is 1. The van der Waals surface area contributed by atoms with Crippen LogP contribution in [0.1, 0.15) is 32.1 Å². The van der Waals surface area contributed by atoms with Crippen LogP contribution in [0.4, 0.5) is 18.9 Å². The minimum Gasteiger partial charge on any atom is -0.434 e. The van der Waals surface area contributed by atoms with E-state index in [0.717, 1.165) is 16.8 Å². The number of nitrogens with zero attached hydrogens (tertiary/aromatic N) is 3. The quantitative estimate of drug-likeness (QED) is 0.229. The highest BCUT2D eigenvalue weighted by atomic mass is 19.3. The van der Waals surface area contributed by atoms with Crippen molar-refractivity contribution in [1.29, 1.82) is 0 Å². The third-order valence-corrected chi connectivity index (χ3v) is 5.67. The number of amides is 2. The molecule has 1 aliphatic heterocycles. The SMILES string of the molecule is O=C1CNc2cc(CNC(=O)c3cc(C(=O)NCc4ccccc4OC(F)F)n4ncc(F)c4n3)ccc2O1. The van der Waals surface area contributed by atoms with Gasteiger partial charge in [0.05, 0.1) is 11.9 Å². The van der Waals surface area contributed by atoms with E-state index in [1.54, 1.807) is 24.3 Å². The number of halogens is 3. The Morgan fingerprint density at radius 3 is 2.72 bits per heavy atom. The van der Waals surface area contributed by atoms with Gasteiger partial charge in [0, 0.05) is 24.7 Å². The summed E-state index contributed by atoms with van der Waals surface area (Å²) in [6.07, 6.45) is 0.847. The van der Waals surface area contributed by atoms with Gasteiger partial charge in [-0.3, -0.25) is 9.59 Å². The van der Waals surface area contributed by atoms with Crippen molar-refractivity contribution in [2.45, 2.75) is 19.7 Å². The molecule has 0 atom stereocenters. The Hall–Kier alpha value is -5.14. The van der Waals surface area contributed by atoms with Crippen LogP contribution in [0.5, 0.6) is 11.5 Å². The molecule has 200 valence electrons. The highest BCUT2D eigenvalue weighted by Gasteiger charge is 2.21. The van der Waals surface area contributed by atoms with Crippen LogP contribution in [0.15, 0.2) is 54.7 Å². The summed E-state index contributed by atoms with van der Waals surface area (Å²) in [7, 11) is 0. The molecule has 0 fully saturated rings. The lowest BCUT2D eigenvalue weighted by atomic mass is 10.1. The van der Waals surface area contributed by atoms with E-state index in [0.29, 0.717) is 17.0 Å². The van der Waals surface area contributed by atoms with E-state index in [1.165, 1.54) is 18.2 Å².